The molecule has 2 aromatic carbocycles. The first-order valence-corrected chi connectivity index (χ1v) is 9.45. The molecule has 2 heteroatoms. The molecule has 0 radical (unpaired) electrons. The molecular weight excluding hydrogens is 310 g/mol. The summed E-state index contributed by atoms with van der Waals surface area (Å²) in [5.74, 6) is 0.470. The second-order valence-corrected chi connectivity index (χ2v) is 8.24. The number of thioether (sulfide) groups is 1. The van der Waals surface area contributed by atoms with Crippen LogP contribution >= 0.6 is 11.8 Å². The van der Waals surface area contributed by atoms with E-state index >= 15 is 0 Å². The average molecular weight is 334 g/mol. The van der Waals surface area contributed by atoms with Crippen LogP contribution in [0.15, 0.2) is 71.7 Å². The summed E-state index contributed by atoms with van der Waals surface area (Å²) in [5.41, 5.74) is 5.47. The first kappa shape index (κ1) is 15.6. The van der Waals surface area contributed by atoms with Gasteiger partial charge >= 0.3 is 0 Å². The Labute approximate surface area is 149 Å². The molecule has 2 aromatic rings. The number of anilines is 2. The maximum absolute atomic E-state index is 2.36. The molecule has 2 atom stereocenters. The van der Waals surface area contributed by atoms with Gasteiger partial charge in [0.15, 0.2) is 0 Å². The lowest BCUT2D eigenvalue weighted by Gasteiger charge is -2.27. The van der Waals surface area contributed by atoms with E-state index in [2.05, 4.69) is 92.6 Å². The number of hydrogen-bond acceptors (Lipinski definition) is 2. The Kier molecular flexibility index (Phi) is 3.80. The van der Waals surface area contributed by atoms with Crippen LogP contribution in [0.4, 0.5) is 11.4 Å². The van der Waals surface area contributed by atoms with Gasteiger partial charge in [0.2, 0.25) is 0 Å². The molecule has 0 amide bonds. The van der Waals surface area contributed by atoms with Crippen molar-refractivity contribution in [1.82, 2.24) is 0 Å². The maximum Gasteiger partial charge on any atom is 0.0549 e. The van der Waals surface area contributed by atoms with Gasteiger partial charge in [-0.2, -0.15) is 0 Å². The lowest BCUT2D eigenvalue weighted by Crippen LogP contribution is -2.22. The van der Waals surface area contributed by atoms with Crippen LogP contribution in [0.2, 0.25) is 0 Å². The second kappa shape index (κ2) is 5.86. The van der Waals surface area contributed by atoms with Crippen molar-refractivity contribution in [3.63, 3.8) is 0 Å². The highest BCUT2D eigenvalue weighted by Gasteiger charge is 2.42. The Morgan fingerprint density at radius 1 is 1.04 bits per heavy atom. The molecule has 0 spiro atoms. The zero-order valence-corrected chi connectivity index (χ0v) is 15.3. The Morgan fingerprint density at radius 3 is 2.67 bits per heavy atom. The number of nitrogens with zero attached hydrogens (tertiary/aromatic N) is 1. The SMILES string of the molecule is CCc1ccccc1N(C)c1cccc2c1SC1(C)C=CC=CC21. The number of allylic oxidation sites excluding steroid dienone is 3. The van der Waals surface area contributed by atoms with Crippen LogP contribution in [0.5, 0.6) is 0 Å². The summed E-state index contributed by atoms with van der Waals surface area (Å²) < 4.78 is 0.137. The maximum atomic E-state index is 2.36. The zero-order chi connectivity index (χ0) is 16.7. The summed E-state index contributed by atoms with van der Waals surface area (Å²) in [4.78, 5) is 3.79. The number of para-hydroxylation sites is 1. The van der Waals surface area contributed by atoms with Gasteiger partial charge in [-0.3, -0.25) is 0 Å². The Bertz CT molecular complexity index is 836. The molecule has 0 N–H and O–H groups in total. The van der Waals surface area contributed by atoms with Gasteiger partial charge in [0.1, 0.15) is 0 Å². The molecule has 1 heterocycles. The normalized spacial score (nSPS) is 23.9. The summed E-state index contributed by atoms with van der Waals surface area (Å²) in [6, 6.07) is 15.5. The molecule has 122 valence electrons. The number of benzene rings is 2. The fraction of sp³-hybridized carbons (Fsp3) is 0.273. The summed E-state index contributed by atoms with van der Waals surface area (Å²) in [7, 11) is 2.20. The highest BCUT2D eigenvalue weighted by molar-refractivity contribution is 8.01. The van der Waals surface area contributed by atoms with Gasteiger partial charge in [0.05, 0.1) is 5.69 Å². The highest BCUT2D eigenvalue weighted by Crippen LogP contribution is 2.58. The van der Waals surface area contributed by atoms with E-state index in [4.69, 9.17) is 0 Å². The standard InChI is InChI=1S/C22H23NS/c1-4-16-10-5-6-13-19(16)23(3)20-14-9-11-17-18-12-7-8-15-22(18,2)24-21(17)20/h5-15,18H,4H2,1-3H3. The summed E-state index contributed by atoms with van der Waals surface area (Å²) in [6.07, 6.45) is 10.1. The number of aryl methyl sites for hydroxylation is 1. The van der Waals surface area contributed by atoms with Gasteiger partial charge < -0.3 is 4.90 Å². The molecule has 4 rings (SSSR count). The van der Waals surface area contributed by atoms with Crippen molar-refractivity contribution in [2.45, 2.75) is 35.8 Å². The molecule has 0 saturated carbocycles. The third-order valence-corrected chi connectivity index (χ3v) is 6.72. The van der Waals surface area contributed by atoms with Crippen LogP contribution in [0.3, 0.4) is 0 Å². The minimum atomic E-state index is 0.137. The fourth-order valence-corrected chi connectivity index (χ4v) is 5.42. The number of hydrogen-bond donors (Lipinski definition) is 0. The number of rotatable bonds is 3. The first-order valence-electron chi connectivity index (χ1n) is 8.63. The molecule has 0 fully saturated rings. The van der Waals surface area contributed by atoms with Crippen molar-refractivity contribution >= 4 is 23.1 Å². The van der Waals surface area contributed by atoms with Gasteiger partial charge in [-0.15, -0.1) is 11.8 Å². The van der Waals surface area contributed by atoms with Gasteiger partial charge in [-0.1, -0.05) is 61.6 Å². The van der Waals surface area contributed by atoms with Crippen LogP contribution < -0.4 is 4.90 Å². The molecule has 2 aliphatic rings. The van der Waals surface area contributed by atoms with E-state index in [1.54, 1.807) is 0 Å². The molecular formula is C22H23NS. The van der Waals surface area contributed by atoms with Crippen LogP contribution in [0, 0.1) is 0 Å². The Morgan fingerprint density at radius 2 is 1.83 bits per heavy atom. The van der Waals surface area contributed by atoms with E-state index in [1.165, 1.54) is 27.4 Å². The van der Waals surface area contributed by atoms with Crippen molar-refractivity contribution in [2.75, 3.05) is 11.9 Å². The van der Waals surface area contributed by atoms with Crippen LogP contribution in [0.25, 0.3) is 0 Å². The second-order valence-electron chi connectivity index (χ2n) is 6.74. The van der Waals surface area contributed by atoms with E-state index in [0.29, 0.717) is 5.92 Å². The summed E-state index contributed by atoms with van der Waals surface area (Å²) in [5, 5.41) is 0. The van der Waals surface area contributed by atoms with E-state index in [-0.39, 0.29) is 4.75 Å². The van der Waals surface area contributed by atoms with Gasteiger partial charge in [0.25, 0.3) is 0 Å². The van der Waals surface area contributed by atoms with Crippen molar-refractivity contribution in [1.29, 1.82) is 0 Å². The lowest BCUT2D eigenvalue weighted by molar-refractivity contribution is 0.702. The molecule has 0 aromatic heterocycles. The largest absolute Gasteiger partial charge is 0.343 e. The Balaban J connectivity index is 1.81. The highest BCUT2D eigenvalue weighted by atomic mass is 32.2. The molecule has 1 nitrogen and oxygen atoms in total. The third kappa shape index (κ3) is 2.32. The monoisotopic (exact) mass is 333 g/mol. The van der Waals surface area contributed by atoms with E-state index in [0.717, 1.165) is 6.42 Å². The van der Waals surface area contributed by atoms with E-state index in [9.17, 15) is 0 Å². The third-order valence-electron chi connectivity index (χ3n) is 5.24. The topological polar surface area (TPSA) is 3.24 Å². The molecule has 1 aliphatic heterocycles. The van der Waals surface area contributed by atoms with Crippen molar-refractivity contribution in [3.8, 4) is 0 Å². The van der Waals surface area contributed by atoms with Gasteiger partial charge in [-0.05, 0) is 36.6 Å². The molecule has 2 unspecified atom stereocenters. The van der Waals surface area contributed by atoms with Crippen molar-refractivity contribution < 1.29 is 0 Å². The van der Waals surface area contributed by atoms with Gasteiger partial charge in [-0.25, -0.2) is 0 Å². The summed E-state index contributed by atoms with van der Waals surface area (Å²) >= 11 is 2.01. The van der Waals surface area contributed by atoms with Crippen LogP contribution in [-0.2, 0) is 6.42 Å². The average Bonchev–Trinajstić information content (AvgIpc) is 2.93. The smallest absolute Gasteiger partial charge is 0.0549 e. The number of fused-ring (bicyclic) bond motifs is 3. The fourth-order valence-electron chi connectivity index (χ4n) is 3.88. The van der Waals surface area contributed by atoms with Crippen LogP contribution in [-0.4, -0.2) is 11.8 Å². The van der Waals surface area contributed by atoms with Gasteiger partial charge in [0, 0.05) is 28.3 Å². The zero-order valence-electron chi connectivity index (χ0n) is 14.5. The first-order chi connectivity index (χ1) is 11.6. The minimum Gasteiger partial charge on any atom is -0.343 e. The van der Waals surface area contributed by atoms with Crippen LogP contribution in [0.1, 0.15) is 30.9 Å². The van der Waals surface area contributed by atoms with E-state index in [1.807, 2.05) is 11.8 Å². The van der Waals surface area contributed by atoms with Crippen molar-refractivity contribution in [3.05, 3.63) is 77.9 Å². The summed E-state index contributed by atoms with van der Waals surface area (Å²) in [6.45, 7) is 4.58. The predicted molar refractivity (Wildman–Crippen MR) is 106 cm³/mol. The molecule has 0 bridgehead atoms. The van der Waals surface area contributed by atoms with Crippen molar-refractivity contribution in [2.24, 2.45) is 0 Å². The quantitative estimate of drug-likeness (QED) is 0.668. The molecule has 24 heavy (non-hydrogen) atoms. The predicted octanol–water partition coefficient (Wildman–Crippen LogP) is 6.09. The molecule has 1 aliphatic carbocycles. The minimum absolute atomic E-state index is 0.137. The Hall–Kier alpha value is -1.93. The molecule has 0 saturated heterocycles. The lowest BCUT2D eigenvalue weighted by atomic mass is 9.84. The van der Waals surface area contributed by atoms with E-state index < -0.39 is 0 Å².